The van der Waals surface area contributed by atoms with Crippen molar-refractivity contribution in [1.29, 1.82) is 0 Å². The third-order valence-corrected chi connectivity index (χ3v) is 3.82. The first kappa shape index (κ1) is 11.4. The molecule has 3 nitrogen and oxygen atoms in total. The average molecular weight is 214 g/mol. The van der Waals surface area contributed by atoms with Crippen molar-refractivity contribution in [2.45, 2.75) is 38.9 Å². The maximum atomic E-state index is 5.94. The van der Waals surface area contributed by atoms with Gasteiger partial charge in [-0.1, -0.05) is 20.3 Å². The summed E-state index contributed by atoms with van der Waals surface area (Å²) >= 11 is 0. The van der Waals surface area contributed by atoms with Crippen molar-refractivity contribution in [1.82, 2.24) is 0 Å². The van der Waals surface area contributed by atoms with Crippen LogP contribution in [0.15, 0.2) is 0 Å². The quantitative estimate of drug-likeness (QED) is 0.705. The molecule has 0 radical (unpaired) electrons. The molecule has 0 amide bonds. The maximum Gasteiger partial charge on any atom is 0.172 e. The average Bonchev–Trinajstić information content (AvgIpc) is 2.30. The van der Waals surface area contributed by atoms with Gasteiger partial charge >= 0.3 is 0 Å². The lowest BCUT2D eigenvalue weighted by molar-refractivity contribution is -0.311. The van der Waals surface area contributed by atoms with Crippen LogP contribution in [0.3, 0.4) is 0 Å². The van der Waals surface area contributed by atoms with Gasteiger partial charge in [0.1, 0.15) is 0 Å². The fourth-order valence-electron chi connectivity index (χ4n) is 2.24. The highest BCUT2D eigenvalue weighted by Crippen LogP contribution is 2.33. The van der Waals surface area contributed by atoms with Gasteiger partial charge in [0.15, 0.2) is 5.79 Å². The molecule has 0 aromatic rings. The zero-order valence-electron chi connectivity index (χ0n) is 9.83. The Kier molecular flexibility index (Phi) is 3.65. The van der Waals surface area contributed by atoms with E-state index in [1.54, 1.807) is 0 Å². The number of hydrogen-bond donors (Lipinski definition) is 0. The summed E-state index contributed by atoms with van der Waals surface area (Å²) in [5.41, 5.74) is 0. The highest BCUT2D eigenvalue weighted by Gasteiger charge is 2.39. The molecule has 2 fully saturated rings. The van der Waals surface area contributed by atoms with Gasteiger partial charge in [-0.15, -0.1) is 0 Å². The zero-order valence-corrected chi connectivity index (χ0v) is 9.83. The first-order valence-corrected chi connectivity index (χ1v) is 6.11. The minimum absolute atomic E-state index is 0.303. The van der Waals surface area contributed by atoms with Crippen LogP contribution in [-0.4, -0.2) is 32.2 Å². The normalized spacial score (nSPS) is 29.2. The van der Waals surface area contributed by atoms with E-state index in [1.165, 1.54) is 6.42 Å². The predicted octanol–water partition coefficient (Wildman–Crippen LogP) is 2.20. The van der Waals surface area contributed by atoms with Crippen LogP contribution in [0.4, 0.5) is 0 Å². The second-order valence-electron chi connectivity index (χ2n) is 4.79. The summed E-state index contributed by atoms with van der Waals surface area (Å²) in [4.78, 5) is 0. The monoisotopic (exact) mass is 214 g/mol. The molecule has 0 aliphatic carbocycles. The van der Waals surface area contributed by atoms with Crippen LogP contribution < -0.4 is 0 Å². The van der Waals surface area contributed by atoms with Crippen molar-refractivity contribution in [2.24, 2.45) is 11.8 Å². The Hall–Kier alpha value is -0.120. The second-order valence-corrected chi connectivity index (χ2v) is 4.79. The Labute approximate surface area is 92.1 Å². The summed E-state index contributed by atoms with van der Waals surface area (Å²) in [6, 6.07) is 0. The van der Waals surface area contributed by atoms with E-state index in [9.17, 15) is 0 Å². The van der Waals surface area contributed by atoms with Crippen molar-refractivity contribution in [3.63, 3.8) is 0 Å². The minimum Gasteiger partial charge on any atom is -0.381 e. The van der Waals surface area contributed by atoms with Crippen molar-refractivity contribution < 1.29 is 14.2 Å². The molecule has 2 saturated heterocycles. The number of rotatable bonds is 2. The molecule has 0 saturated carbocycles. The van der Waals surface area contributed by atoms with Gasteiger partial charge in [-0.2, -0.15) is 0 Å². The lowest BCUT2D eigenvalue weighted by atomic mass is 9.91. The SMILES string of the molecule is CCC(C)C1COC2(CCOCC2)OC1. The van der Waals surface area contributed by atoms with E-state index in [0.29, 0.717) is 11.8 Å². The van der Waals surface area contributed by atoms with Crippen LogP contribution in [0.2, 0.25) is 0 Å². The van der Waals surface area contributed by atoms with E-state index in [1.807, 2.05) is 0 Å². The summed E-state index contributed by atoms with van der Waals surface area (Å²) in [5.74, 6) is 0.966. The molecule has 2 rings (SSSR count). The third kappa shape index (κ3) is 2.52. The molecule has 0 aromatic heterocycles. The fourth-order valence-corrected chi connectivity index (χ4v) is 2.24. The number of hydrogen-bond acceptors (Lipinski definition) is 3. The van der Waals surface area contributed by atoms with Gasteiger partial charge in [0, 0.05) is 18.8 Å². The van der Waals surface area contributed by atoms with E-state index in [2.05, 4.69) is 13.8 Å². The largest absolute Gasteiger partial charge is 0.381 e. The van der Waals surface area contributed by atoms with Gasteiger partial charge in [-0.3, -0.25) is 0 Å². The topological polar surface area (TPSA) is 27.7 Å². The summed E-state index contributed by atoms with van der Waals surface area (Å²) in [5, 5.41) is 0. The lowest BCUT2D eigenvalue weighted by Gasteiger charge is -2.43. The van der Waals surface area contributed by atoms with Crippen LogP contribution in [0, 0.1) is 11.8 Å². The van der Waals surface area contributed by atoms with Gasteiger partial charge in [0.25, 0.3) is 0 Å². The summed E-state index contributed by atoms with van der Waals surface area (Å²) in [6.07, 6.45) is 2.98. The molecule has 0 N–H and O–H groups in total. The van der Waals surface area contributed by atoms with Crippen LogP contribution >= 0.6 is 0 Å². The molecule has 15 heavy (non-hydrogen) atoms. The molecule has 2 heterocycles. The van der Waals surface area contributed by atoms with Gasteiger partial charge in [-0.05, 0) is 5.92 Å². The molecular weight excluding hydrogens is 192 g/mol. The maximum absolute atomic E-state index is 5.94. The molecule has 1 atom stereocenters. The van der Waals surface area contributed by atoms with Crippen LogP contribution in [0.25, 0.3) is 0 Å². The summed E-state index contributed by atoms with van der Waals surface area (Å²) in [6.45, 7) is 7.76. The minimum atomic E-state index is -0.303. The van der Waals surface area contributed by atoms with Crippen molar-refractivity contribution in [3.05, 3.63) is 0 Å². The van der Waals surface area contributed by atoms with Gasteiger partial charge < -0.3 is 14.2 Å². The Morgan fingerprint density at radius 1 is 1.20 bits per heavy atom. The Bertz CT molecular complexity index is 189. The molecule has 3 heteroatoms. The van der Waals surface area contributed by atoms with Crippen molar-refractivity contribution in [2.75, 3.05) is 26.4 Å². The standard InChI is InChI=1S/C12H22O3/c1-3-10(2)11-8-14-12(15-9-11)4-6-13-7-5-12/h10-11H,3-9H2,1-2H3. The predicted molar refractivity (Wildman–Crippen MR) is 57.6 cm³/mol. The van der Waals surface area contributed by atoms with Crippen LogP contribution in [0.5, 0.6) is 0 Å². The fraction of sp³-hybridized carbons (Fsp3) is 1.00. The highest BCUT2D eigenvalue weighted by molar-refractivity contribution is 4.79. The van der Waals surface area contributed by atoms with E-state index >= 15 is 0 Å². The molecule has 1 spiro atoms. The van der Waals surface area contributed by atoms with Crippen molar-refractivity contribution in [3.8, 4) is 0 Å². The Morgan fingerprint density at radius 3 is 2.33 bits per heavy atom. The van der Waals surface area contributed by atoms with E-state index in [-0.39, 0.29) is 5.79 Å². The first-order chi connectivity index (χ1) is 7.26. The summed E-state index contributed by atoms with van der Waals surface area (Å²) < 4.78 is 17.2. The van der Waals surface area contributed by atoms with Crippen molar-refractivity contribution >= 4 is 0 Å². The highest BCUT2D eigenvalue weighted by atomic mass is 16.7. The molecule has 2 aliphatic heterocycles. The van der Waals surface area contributed by atoms with Gasteiger partial charge in [0.05, 0.1) is 26.4 Å². The number of ether oxygens (including phenoxy) is 3. The summed E-state index contributed by atoms with van der Waals surface area (Å²) in [7, 11) is 0. The lowest BCUT2D eigenvalue weighted by Crippen LogP contribution is -2.48. The third-order valence-electron chi connectivity index (χ3n) is 3.82. The molecule has 88 valence electrons. The molecule has 1 unspecified atom stereocenters. The van der Waals surface area contributed by atoms with Crippen LogP contribution in [-0.2, 0) is 14.2 Å². The Balaban J connectivity index is 1.85. The van der Waals surface area contributed by atoms with Gasteiger partial charge in [0.2, 0.25) is 0 Å². The van der Waals surface area contributed by atoms with Gasteiger partial charge in [-0.25, -0.2) is 0 Å². The van der Waals surface area contributed by atoms with E-state index < -0.39 is 0 Å². The molecule has 0 bridgehead atoms. The molecule has 2 aliphatic rings. The molecular formula is C12H22O3. The Morgan fingerprint density at radius 2 is 1.80 bits per heavy atom. The molecule has 0 aromatic carbocycles. The van der Waals surface area contributed by atoms with E-state index in [0.717, 1.165) is 39.3 Å². The van der Waals surface area contributed by atoms with Crippen LogP contribution in [0.1, 0.15) is 33.1 Å². The zero-order chi connectivity index (χ0) is 10.7. The smallest absolute Gasteiger partial charge is 0.172 e. The first-order valence-electron chi connectivity index (χ1n) is 6.11. The van der Waals surface area contributed by atoms with E-state index in [4.69, 9.17) is 14.2 Å². The second kappa shape index (κ2) is 4.81.